The van der Waals surface area contributed by atoms with E-state index >= 15 is 0 Å². The number of aromatic nitrogens is 4. The summed E-state index contributed by atoms with van der Waals surface area (Å²) < 4.78 is 11.4. The minimum atomic E-state index is -0.0834. The highest BCUT2D eigenvalue weighted by molar-refractivity contribution is 5.93. The summed E-state index contributed by atoms with van der Waals surface area (Å²) in [6.45, 7) is 4.39. The third-order valence-corrected chi connectivity index (χ3v) is 4.96. The Morgan fingerprint density at radius 2 is 1.75 bits per heavy atom. The van der Waals surface area contributed by atoms with Crippen molar-refractivity contribution in [2.24, 2.45) is 0 Å². The van der Waals surface area contributed by atoms with Gasteiger partial charge in [-0.25, -0.2) is 4.98 Å². The Morgan fingerprint density at radius 3 is 2.41 bits per heavy atom. The molecule has 1 aromatic carbocycles. The zero-order valence-electron chi connectivity index (χ0n) is 18.3. The molecule has 3 aromatic rings. The number of morpholine rings is 1. The summed E-state index contributed by atoms with van der Waals surface area (Å²) >= 11 is 0. The van der Waals surface area contributed by atoms with Crippen molar-refractivity contribution >= 4 is 17.7 Å². The summed E-state index contributed by atoms with van der Waals surface area (Å²) in [6, 6.07) is 10.5. The van der Waals surface area contributed by atoms with Gasteiger partial charge in [0.1, 0.15) is 11.6 Å². The van der Waals surface area contributed by atoms with Crippen LogP contribution >= 0.6 is 0 Å². The van der Waals surface area contributed by atoms with Crippen molar-refractivity contribution in [3.8, 4) is 23.1 Å². The molecule has 32 heavy (non-hydrogen) atoms. The molecule has 0 aliphatic carbocycles. The number of rotatable bonds is 5. The van der Waals surface area contributed by atoms with Gasteiger partial charge in [0.2, 0.25) is 5.95 Å². The Balaban J connectivity index is 1.68. The molecule has 10 nitrogen and oxygen atoms in total. The quantitative estimate of drug-likeness (QED) is 0.643. The lowest BCUT2D eigenvalue weighted by molar-refractivity contribution is 0.0827. The number of pyridine rings is 1. The largest absolute Gasteiger partial charge is 0.424 e. The van der Waals surface area contributed by atoms with Gasteiger partial charge in [-0.1, -0.05) is 0 Å². The van der Waals surface area contributed by atoms with Crippen LogP contribution in [0.25, 0.3) is 11.4 Å². The summed E-state index contributed by atoms with van der Waals surface area (Å²) in [5.41, 5.74) is 7.82. The zero-order chi connectivity index (χ0) is 22.7. The SMILES string of the molecule is Cc1nc(N)ccc1-c1nc(Oc2ccc(C(=O)N(C)C)cc2)nc(N2CCOCC2)n1. The van der Waals surface area contributed by atoms with Crippen molar-refractivity contribution in [1.82, 2.24) is 24.8 Å². The maximum atomic E-state index is 12.1. The van der Waals surface area contributed by atoms with E-state index in [1.807, 2.05) is 17.9 Å². The van der Waals surface area contributed by atoms with E-state index in [9.17, 15) is 4.79 Å². The summed E-state index contributed by atoms with van der Waals surface area (Å²) in [6.07, 6.45) is 0. The first-order valence-electron chi connectivity index (χ1n) is 10.2. The maximum absolute atomic E-state index is 12.1. The lowest BCUT2D eigenvalue weighted by atomic mass is 10.2. The molecule has 1 amide bonds. The maximum Gasteiger partial charge on any atom is 0.327 e. The van der Waals surface area contributed by atoms with E-state index in [1.54, 1.807) is 44.4 Å². The van der Waals surface area contributed by atoms with Gasteiger partial charge >= 0.3 is 6.01 Å². The number of ether oxygens (including phenoxy) is 2. The third-order valence-electron chi connectivity index (χ3n) is 4.96. The van der Waals surface area contributed by atoms with Crippen LogP contribution in [0.1, 0.15) is 16.1 Å². The van der Waals surface area contributed by atoms with Crippen LogP contribution in [0.4, 0.5) is 11.8 Å². The van der Waals surface area contributed by atoms with E-state index in [0.717, 1.165) is 5.56 Å². The van der Waals surface area contributed by atoms with Crippen molar-refractivity contribution in [2.75, 3.05) is 51.0 Å². The molecule has 2 aromatic heterocycles. The highest BCUT2D eigenvalue weighted by Gasteiger charge is 2.19. The van der Waals surface area contributed by atoms with Crippen molar-refractivity contribution in [3.63, 3.8) is 0 Å². The van der Waals surface area contributed by atoms with E-state index in [4.69, 9.17) is 15.2 Å². The molecule has 1 aliphatic heterocycles. The van der Waals surface area contributed by atoms with Crippen LogP contribution in [0.3, 0.4) is 0 Å². The van der Waals surface area contributed by atoms with Crippen LogP contribution in [0, 0.1) is 6.92 Å². The number of benzene rings is 1. The number of anilines is 2. The van der Waals surface area contributed by atoms with Gasteiger partial charge in [0.05, 0.1) is 18.9 Å². The van der Waals surface area contributed by atoms with Crippen LogP contribution < -0.4 is 15.4 Å². The average Bonchev–Trinajstić information content (AvgIpc) is 2.79. The van der Waals surface area contributed by atoms with E-state index < -0.39 is 0 Å². The van der Waals surface area contributed by atoms with Crippen LogP contribution in [0.5, 0.6) is 11.8 Å². The van der Waals surface area contributed by atoms with Gasteiger partial charge < -0.3 is 25.0 Å². The van der Waals surface area contributed by atoms with Crippen molar-refractivity contribution in [3.05, 3.63) is 47.7 Å². The van der Waals surface area contributed by atoms with Crippen molar-refractivity contribution in [2.45, 2.75) is 6.92 Å². The number of aryl methyl sites for hydroxylation is 1. The van der Waals surface area contributed by atoms with Gasteiger partial charge in [0, 0.05) is 38.3 Å². The van der Waals surface area contributed by atoms with Crippen molar-refractivity contribution in [1.29, 1.82) is 0 Å². The van der Waals surface area contributed by atoms with Crippen LogP contribution in [-0.2, 0) is 4.74 Å². The second kappa shape index (κ2) is 9.15. The Labute approximate surface area is 186 Å². The molecule has 0 atom stereocenters. The number of nitrogens with zero attached hydrogens (tertiary/aromatic N) is 6. The molecule has 0 bridgehead atoms. The molecule has 1 fully saturated rings. The van der Waals surface area contributed by atoms with E-state index in [2.05, 4.69) is 19.9 Å². The molecular formula is C22H25N7O3. The minimum absolute atomic E-state index is 0.0834. The van der Waals surface area contributed by atoms with Gasteiger partial charge in [-0.2, -0.15) is 15.0 Å². The van der Waals surface area contributed by atoms with Gasteiger partial charge in [-0.15, -0.1) is 0 Å². The number of carbonyl (C=O) groups excluding carboxylic acids is 1. The van der Waals surface area contributed by atoms with Gasteiger partial charge in [0.25, 0.3) is 5.91 Å². The standard InChI is InChI=1S/C22H25N7O3/c1-14-17(8-9-18(23)24-14)19-25-21(29-10-12-31-13-11-29)27-22(26-19)32-16-6-4-15(5-7-16)20(30)28(2)3/h4-9H,10-13H2,1-3H3,(H2,23,24). The van der Waals surface area contributed by atoms with Gasteiger partial charge in [-0.3, -0.25) is 4.79 Å². The van der Waals surface area contributed by atoms with Crippen molar-refractivity contribution < 1.29 is 14.3 Å². The molecule has 2 N–H and O–H groups in total. The topological polar surface area (TPSA) is 120 Å². The Morgan fingerprint density at radius 1 is 1.03 bits per heavy atom. The summed E-state index contributed by atoms with van der Waals surface area (Å²) in [4.78, 5) is 33.7. The van der Waals surface area contributed by atoms with E-state index in [-0.39, 0.29) is 11.9 Å². The fourth-order valence-electron chi connectivity index (χ4n) is 3.26. The number of hydrogen-bond acceptors (Lipinski definition) is 9. The number of nitrogens with two attached hydrogens (primary N) is 1. The summed E-state index contributed by atoms with van der Waals surface area (Å²) in [7, 11) is 3.42. The fraction of sp³-hybridized carbons (Fsp3) is 0.318. The number of carbonyl (C=O) groups is 1. The molecule has 3 heterocycles. The van der Waals surface area contributed by atoms with E-state index in [0.29, 0.717) is 60.9 Å². The molecular weight excluding hydrogens is 410 g/mol. The lowest BCUT2D eigenvalue weighted by Crippen LogP contribution is -2.37. The van der Waals surface area contributed by atoms with E-state index in [1.165, 1.54) is 4.90 Å². The van der Waals surface area contributed by atoms with Gasteiger partial charge in [-0.05, 0) is 43.3 Å². The molecule has 0 saturated carbocycles. The van der Waals surface area contributed by atoms with Crippen LogP contribution in [0.15, 0.2) is 36.4 Å². The Bertz CT molecular complexity index is 1110. The predicted molar refractivity (Wildman–Crippen MR) is 120 cm³/mol. The van der Waals surface area contributed by atoms with Crippen LogP contribution in [0.2, 0.25) is 0 Å². The predicted octanol–water partition coefficient (Wildman–Crippen LogP) is 2.15. The minimum Gasteiger partial charge on any atom is -0.424 e. The molecule has 0 spiro atoms. The number of nitrogen functional groups attached to an aromatic ring is 1. The van der Waals surface area contributed by atoms with Crippen LogP contribution in [-0.4, -0.2) is 71.1 Å². The number of amides is 1. The molecule has 1 saturated heterocycles. The molecule has 4 rings (SSSR count). The highest BCUT2D eigenvalue weighted by atomic mass is 16.5. The van der Waals surface area contributed by atoms with Gasteiger partial charge in [0.15, 0.2) is 5.82 Å². The highest BCUT2D eigenvalue weighted by Crippen LogP contribution is 2.26. The first-order valence-corrected chi connectivity index (χ1v) is 10.2. The summed E-state index contributed by atoms with van der Waals surface area (Å²) in [5.74, 6) is 1.81. The Kier molecular flexibility index (Phi) is 6.13. The first-order chi connectivity index (χ1) is 15.4. The molecule has 166 valence electrons. The molecule has 0 unspecified atom stereocenters. The zero-order valence-corrected chi connectivity index (χ0v) is 18.3. The Hall–Kier alpha value is -3.79. The fourth-order valence-corrected chi connectivity index (χ4v) is 3.26. The normalized spacial score (nSPS) is 13.7. The summed E-state index contributed by atoms with van der Waals surface area (Å²) in [5, 5.41) is 0. The molecule has 0 radical (unpaired) electrons. The second-order valence-corrected chi connectivity index (χ2v) is 7.54. The average molecular weight is 435 g/mol. The third kappa shape index (κ3) is 4.75. The molecule has 10 heteroatoms. The first kappa shape index (κ1) is 21.4. The number of hydrogen-bond donors (Lipinski definition) is 1. The monoisotopic (exact) mass is 435 g/mol. The molecule has 1 aliphatic rings. The second-order valence-electron chi connectivity index (χ2n) is 7.54. The smallest absolute Gasteiger partial charge is 0.327 e. The lowest BCUT2D eigenvalue weighted by Gasteiger charge is -2.27.